The summed E-state index contributed by atoms with van der Waals surface area (Å²) in [4.78, 5) is 3.53. The zero-order valence-electron chi connectivity index (χ0n) is 5.50. The van der Waals surface area contributed by atoms with Crippen LogP contribution in [0.4, 0.5) is 0 Å². The van der Waals surface area contributed by atoms with Gasteiger partial charge in [-0.05, 0) is 6.26 Å². The normalized spacial score (nSPS) is 10.1. The Kier molecular flexibility index (Phi) is 6.16. The maximum absolute atomic E-state index is 8.15. The summed E-state index contributed by atoms with van der Waals surface area (Å²) in [5.41, 5.74) is 0. The third-order valence-corrected chi connectivity index (χ3v) is 2.54. The summed E-state index contributed by atoms with van der Waals surface area (Å²) in [5.74, 6) is 3.02. The SMILES string of the molecule is C#CCSC(=NC#N)SC. The molecule has 0 amide bonds. The van der Waals surface area contributed by atoms with E-state index in [-0.39, 0.29) is 0 Å². The Labute approximate surface area is 69.1 Å². The van der Waals surface area contributed by atoms with Gasteiger partial charge >= 0.3 is 0 Å². The van der Waals surface area contributed by atoms with Crippen molar-refractivity contribution < 1.29 is 0 Å². The second kappa shape index (κ2) is 6.54. The van der Waals surface area contributed by atoms with Gasteiger partial charge in [-0.1, -0.05) is 17.7 Å². The smallest absolute Gasteiger partial charge is 0.170 e. The molecule has 0 bridgehead atoms. The van der Waals surface area contributed by atoms with E-state index in [0.717, 1.165) is 4.38 Å². The molecule has 0 unspecified atom stereocenters. The fourth-order valence-corrected chi connectivity index (χ4v) is 1.37. The highest BCUT2D eigenvalue weighted by molar-refractivity contribution is 8.38. The maximum atomic E-state index is 8.15. The summed E-state index contributed by atoms with van der Waals surface area (Å²) in [5, 5.41) is 8.15. The highest BCUT2D eigenvalue weighted by Gasteiger charge is 1.94. The van der Waals surface area contributed by atoms with Gasteiger partial charge in [0, 0.05) is 0 Å². The van der Waals surface area contributed by atoms with Gasteiger partial charge in [0.15, 0.2) is 0 Å². The minimum absolute atomic E-state index is 0.571. The molecule has 0 aliphatic carbocycles. The zero-order chi connectivity index (χ0) is 7.82. The van der Waals surface area contributed by atoms with Gasteiger partial charge in [0.25, 0.3) is 0 Å². The van der Waals surface area contributed by atoms with Crippen molar-refractivity contribution in [3.63, 3.8) is 0 Å². The van der Waals surface area contributed by atoms with E-state index in [9.17, 15) is 0 Å². The number of thioether (sulfide) groups is 2. The van der Waals surface area contributed by atoms with Crippen LogP contribution < -0.4 is 0 Å². The van der Waals surface area contributed by atoms with Crippen LogP contribution in [0.3, 0.4) is 0 Å². The first-order valence-electron chi connectivity index (χ1n) is 2.42. The summed E-state index contributed by atoms with van der Waals surface area (Å²) in [6, 6.07) is 0. The summed E-state index contributed by atoms with van der Waals surface area (Å²) >= 11 is 2.83. The number of hydrogen-bond acceptors (Lipinski definition) is 4. The molecule has 0 aliphatic rings. The molecule has 52 valence electrons. The maximum Gasteiger partial charge on any atom is 0.207 e. The van der Waals surface area contributed by atoms with E-state index in [1.807, 2.05) is 6.26 Å². The number of terminal acetylenes is 1. The molecule has 0 fully saturated rings. The Balaban J connectivity index is 3.77. The highest BCUT2D eigenvalue weighted by atomic mass is 32.2. The second-order valence-electron chi connectivity index (χ2n) is 1.17. The van der Waals surface area contributed by atoms with Crippen LogP contribution in [0.25, 0.3) is 0 Å². The molecule has 0 spiro atoms. The lowest BCUT2D eigenvalue weighted by atomic mass is 10.8. The summed E-state index contributed by atoms with van der Waals surface area (Å²) < 4.78 is 0.723. The standard InChI is InChI=1S/C6H6N2S2/c1-3-4-10-6(9-2)8-5-7/h1H,4H2,2H3. The lowest BCUT2D eigenvalue weighted by Crippen LogP contribution is -1.83. The van der Waals surface area contributed by atoms with Crippen LogP contribution in [0.2, 0.25) is 0 Å². The van der Waals surface area contributed by atoms with E-state index in [4.69, 9.17) is 11.7 Å². The summed E-state index contributed by atoms with van der Waals surface area (Å²) in [7, 11) is 0. The van der Waals surface area contributed by atoms with Crippen LogP contribution >= 0.6 is 23.5 Å². The number of hydrogen-bond donors (Lipinski definition) is 0. The van der Waals surface area contributed by atoms with Crippen molar-refractivity contribution in [2.75, 3.05) is 12.0 Å². The first kappa shape index (κ1) is 9.42. The minimum atomic E-state index is 0.571. The third-order valence-electron chi connectivity index (χ3n) is 0.595. The number of nitrogens with zero attached hydrogens (tertiary/aromatic N) is 2. The van der Waals surface area contributed by atoms with Gasteiger partial charge in [0.1, 0.15) is 4.38 Å². The van der Waals surface area contributed by atoms with Crippen LogP contribution in [-0.4, -0.2) is 16.4 Å². The highest BCUT2D eigenvalue weighted by Crippen LogP contribution is 2.12. The van der Waals surface area contributed by atoms with Crippen LogP contribution in [0, 0.1) is 23.8 Å². The van der Waals surface area contributed by atoms with Crippen molar-refractivity contribution in [1.29, 1.82) is 5.26 Å². The quantitative estimate of drug-likeness (QED) is 0.259. The molecule has 0 saturated heterocycles. The van der Waals surface area contributed by atoms with Crippen LogP contribution in [0.15, 0.2) is 4.99 Å². The number of nitriles is 1. The van der Waals surface area contributed by atoms with Gasteiger partial charge < -0.3 is 0 Å². The van der Waals surface area contributed by atoms with Crippen molar-refractivity contribution in [1.82, 2.24) is 0 Å². The van der Waals surface area contributed by atoms with Crippen molar-refractivity contribution >= 4 is 27.9 Å². The van der Waals surface area contributed by atoms with E-state index < -0.39 is 0 Å². The lowest BCUT2D eigenvalue weighted by Gasteiger charge is -1.92. The molecule has 4 heteroatoms. The van der Waals surface area contributed by atoms with Crippen LogP contribution in [0.1, 0.15) is 0 Å². The molecule has 0 aromatic carbocycles. The fraction of sp³-hybridized carbons (Fsp3) is 0.333. The fourth-order valence-electron chi connectivity index (χ4n) is 0.281. The predicted octanol–water partition coefficient (Wildman–Crippen LogP) is 1.55. The Hall–Kier alpha value is -0.580. The third kappa shape index (κ3) is 4.31. The van der Waals surface area contributed by atoms with E-state index >= 15 is 0 Å². The lowest BCUT2D eigenvalue weighted by molar-refractivity contribution is 1.45. The molecule has 2 nitrogen and oxygen atoms in total. The number of aliphatic imine (C=N–C) groups is 1. The summed E-state index contributed by atoms with van der Waals surface area (Å²) in [6.45, 7) is 0. The largest absolute Gasteiger partial charge is 0.207 e. The number of rotatable bonds is 1. The van der Waals surface area contributed by atoms with E-state index in [1.165, 1.54) is 23.5 Å². The zero-order valence-corrected chi connectivity index (χ0v) is 7.13. The average molecular weight is 170 g/mol. The monoisotopic (exact) mass is 170 g/mol. The molecular weight excluding hydrogens is 164 g/mol. The van der Waals surface area contributed by atoms with Crippen molar-refractivity contribution in [3.05, 3.63) is 0 Å². The van der Waals surface area contributed by atoms with Gasteiger partial charge in [0.05, 0.1) is 5.75 Å². The topological polar surface area (TPSA) is 36.1 Å². The van der Waals surface area contributed by atoms with E-state index in [0.29, 0.717) is 5.75 Å². The molecule has 0 aliphatic heterocycles. The van der Waals surface area contributed by atoms with Gasteiger partial charge in [-0.2, -0.15) is 10.3 Å². The van der Waals surface area contributed by atoms with E-state index in [1.54, 1.807) is 6.19 Å². The van der Waals surface area contributed by atoms with Gasteiger partial charge in [-0.3, -0.25) is 0 Å². The molecule has 10 heavy (non-hydrogen) atoms. The molecule has 0 rings (SSSR count). The first-order valence-corrected chi connectivity index (χ1v) is 4.63. The second-order valence-corrected chi connectivity index (χ2v) is 3.19. The molecule has 0 N–H and O–H groups in total. The molecule has 0 saturated carbocycles. The van der Waals surface area contributed by atoms with Gasteiger partial charge in [-0.25, -0.2) is 0 Å². The molecule has 0 atom stereocenters. The minimum Gasteiger partial charge on any atom is -0.170 e. The average Bonchev–Trinajstić information content (AvgIpc) is 1.98. The Morgan fingerprint density at radius 3 is 2.90 bits per heavy atom. The molecule has 0 radical (unpaired) electrons. The first-order chi connectivity index (χ1) is 4.85. The molecule has 0 heterocycles. The van der Waals surface area contributed by atoms with Gasteiger partial charge in [0.2, 0.25) is 6.19 Å². The Morgan fingerprint density at radius 1 is 1.80 bits per heavy atom. The van der Waals surface area contributed by atoms with E-state index in [2.05, 4.69) is 10.9 Å². The molecule has 0 aromatic rings. The Morgan fingerprint density at radius 2 is 2.50 bits per heavy atom. The van der Waals surface area contributed by atoms with Crippen molar-refractivity contribution in [2.24, 2.45) is 4.99 Å². The van der Waals surface area contributed by atoms with Crippen molar-refractivity contribution in [3.8, 4) is 18.5 Å². The molecular formula is C6H6N2S2. The summed E-state index contributed by atoms with van der Waals surface area (Å²) in [6.07, 6.45) is 8.58. The van der Waals surface area contributed by atoms with Crippen LogP contribution in [-0.2, 0) is 0 Å². The van der Waals surface area contributed by atoms with Crippen molar-refractivity contribution in [2.45, 2.75) is 0 Å². The molecule has 0 aromatic heterocycles. The predicted molar refractivity (Wildman–Crippen MR) is 47.9 cm³/mol. The van der Waals surface area contributed by atoms with Crippen LogP contribution in [0.5, 0.6) is 0 Å². The van der Waals surface area contributed by atoms with Gasteiger partial charge in [-0.15, -0.1) is 18.2 Å². The Bertz CT molecular complexity index is 197.